The number of fused-ring (bicyclic) bond motifs is 3. The van der Waals surface area contributed by atoms with Gasteiger partial charge < -0.3 is 9.47 Å². The molecule has 0 aliphatic heterocycles. The van der Waals surface area contributed by atoms with Crippen LogP contribution in [0.5, 0.6) is 5.75 Å². The van der Waals surface area contributed by atoms with Crippen LogP contribution >= 0.6 is 0 Å². The second-order valence-corrected chi connectivity index (χ2v) is 8.29. The van der Waals surface area contributed by atoms with Gasteiger partial charge in [-0.15, -0.1) is 0 Å². The smallest absolute Gasteiger partial charge is 0.313 e. The molecule has 0 N–H and O–H groups in total. The number of hydrogen-bond acceptors (Lipinski definition) is 4. The number of benzene rings is 3. The number of aromatic nitrogens is 1. The lowest BCUT2D eigenvalue weighted by molar-refractivity contribution is -0.147. The Morgan fingerprint density at radius 3 is 2.42 bits per heavy atom. The van der Waals surface area contributed by atoms with E-state index in [-0.39, 0.29) is 18.5 Å². The molecule has 0 radical (unpaired) electrons. The molecule has 1 aliphatic rings. The molecule has 166 valence electrons. The Labute approximate surface area is 192 Å². The van der Waals surface area contributed by atoms with Gasteiger partial charge in [0.25, 0.3) is 5.91 Å². The largest absolute Gasteiger partial charge is 0.497 e. The number of esters is 1. The van der Waals surface area contributed by atoms with E-state index in [9.17, 15) is 9.59 Å². The summed E-state index contributed by atoms with van der Waals surface area (Å²) in [5, 5.41) is 0.870. The number of carbonyl (C=O) groups is 2. The van der Waals surface area contributed by atoms with Crippen LogP contribution in [0.25, 0.3) is 10.9 Å². The highest BCUT2D eigenvalue weighted by atomic mass is 16.5. The van der Waals surface area contributed by atoms with Crippen LogP contribution in [0.15, 0.2) is 78.9 Å². The number of rotatable bonds is 5. The van der Waals surface area contributed by atoms with Gasteiger partial charge in [-0.1, -0.05) is 48.5 Å². The Kier molecular flexibility index (Phi) is 5.69. The van der Waals surface area contributed by atoms with Crippen LogP contribution in [0, 0.1) is 0 Å². The van der Waals surface area contributed by atoms with Gasteiger partial charge in [-0.05, 0) is 60.7 Å². The van der Waals surface area contributed by atoms with E-state index >= 15 is 0 Å². The lowest BCUT2D eigenvalue weighted by Crippen LogP contribution is -2.23. The highest BCUT2D eigenvalue weighted by Crippen LogP contribution is 2.41. The van der Waals surface area contributed by atoms with Crippen molar-refractivity contribution in [1.29, 1.82) is 0 Å². The van der Waals surface area contributed by atoms with Crippen LogP contribution in [-0.2, 0) is 22.6 Å². The zero-order valence-corrected chi connectivity index (χ0v) is 18.5. The van der Waals surface area contributed by atoms with Crippen molar-refractivity contribution in [3.8, 4) is 5.75 Å². The first-order chi connectivity index (χ1) is 16.2. The average molecular weight is 440 g/mol. The molecule has 0 amide bonds. The van der Waals surface area contributed by atoms with Gasteiger partial charge in [-0.2, -0.15) is 0 Å². The van der Waals surface area contributed by atoms with E-state index in [0.29, 0.717) is 17.7 Å². The number of nitrogens with zero attached hydrogens (tertiary/aromatic N) is 1. The zero-order chi connectivity index (χ0) is 22.8. The minimum atomic E-state index is -0.420. The molecular weight excluding hydrogens is 414 g/mol. The molecule has 0 saturated carbocycles. The molecule has 33 heavy (non-hydrogen) atoms. The molecule has 1 unspecified atom stereocenters. The second kappa shape index (κ2) is 8.94. The number of methoxy groups -OCH3 is 1. The van der Waals surface area contributed by atoms with Crippen molar-refractivity contribution in [2.24, 2.45) is 0 Å². The maximum atomic E-state index is 13.6. The normalized spacial score (nSPS) is 15.1. The van der Waals surface area contributed by atoms with Crippen LogP contribution in [-0.4, -0.2) is 23.6 Å². The van der Waals surface area contributed by atoms with Crippen molar-refractivity contribution in [2.45, 2.75) is 31.8 Å². The molecule has 0 fully saturated rings. The topological polar surface area (TPSA) is 57.5 Å². The van der Waals surface area contributed by atoms with Crippen molar-refractivity contribution >= 4 is 22.8 Å². The van der Waals surface area contributed by atoms with E-state index < -0.39 is 5.92 Å². The summed E-state index contributed by atoms with van der Waals surface area (Å²) in [5.74, 6) is -0.0763. The lowest BCUT2D eigenvalue weighted by atomic mass is 9.85. The standard InChI is InChI=1S/C28H25NO4/c1-32-21-15-16-24-23(17-21)26-22(28(31)33-18-19-9-4-2-5-10-19)13-8-14-25(26)29(24)27(30)20-11-6-3-7-12-20/h2-7,9-12,15-17,22H,8,13-14,18H2,1H3. The van der Waals surface area contributed by atoms with Crippen molar-refractivity contribution < 1.29 is 19.1 Å². The van der Waals surface area contributed by atoms with Gasteiger partial charge in [0.1, 0.15) is 12.4 Å². The molecule has 0 bridgehead atoms. The highest BCUT2D eigenvalue weighted by Gasteiger charge is 2.34. The summed E-state index contributed by atoms with van der Waals surface area (Å²) >= 11 is 0. The first kappa shape index (κ1) is 21.0. The SMILES string of the molecule is COc1ccc2c(c1)c1c(n2C(=O)c2ccccc2)CCCC1C(=O)OCc1ccccc1. The quantitative estimate of drug-likeness (QED) is 0.385. The third-order valence-corrected chi connectivity index (χ3v) is 6.30. The van der Waals surface area contributed by atoms with Gasteiger partial charge in [-0.25, -0.2) is 0 Å². The van der Waals surface area contributed by atoms with Crippen LogP contribution in [0.4, 0.5) is 0 Å². The number of hydrogen-bond donors (Lipinski definition) is 0. The minimum absolute atomic E-state index is 0.0923. The summed E-state index contributed by atoms with van der Waals surface area (Å²) in [4.78, 5) is 26.8. The van der Waals surface area contributed by atoms with Gasteiger partial charge in [0.2, 0.25) is 0 Å². The molecule has 5 heteroatoms. The Morgan fingerprint density at radius 2 is 1.70 bits per heavy atom. The summed E-state index contributed by atoms with van der Waals surface area (Å²) in [6.07, 6.45) is 2.23. The molecule has 1 atom stereocenters. The van der Waals surface area contributed by atoms with Gasteiger partial charge in [0.15, 0.2) is 0 Å². The van der Waals surface area contributed by atoms with E-state index in [1.807, 2.05) is 78.9 Å². The molecule has 1 heterocycles. The van der Waals surface area contributed by atoms with Gasteiger partial charge in [0.05, 0.1) is 18.5 Å². The minimum Gasteiger partial charge on any atom is -0.497 e. The zero-order valence-electron chi connectivity index (χ0n) is 18.5. The fourth-order valence-electron chi connectivity index (χ4n) is 4.73. The van der Waals surface area contributed by atoms with E-state index in [2.05, 4.69) is 0 Å². The predicted octanol–water partition coefficient (Wildman–Crippen LogP) is 5.50. The average Bonchev–Trinajstić information content (AvgIpc) is 3.21. The first-order valence-corrected chi connectivity index (χ1v) is 11.2. The predicted molar refractivity (Wildman–Crippen MR) is 127 cm³/mol. The Morgan fingerprint density at radius 1 is 0.970 bits per heavy atom. The maximum Gasteiger partial charge on any atom is 0.313 e. The fraction of sp³-hybridized carbons (Fsp3) is 0.214. The van der Waals surface area contributed by atoms with Gasteiger partial charge in [0, 0.05) is 16.6 Å². The fourth-order valence-corrected chi connectivity index (χ4v) is 4.73. The van der Waals surface area contributed by atoms with Gasteiger partial charge in [-0.3, -0.25) is 14.2 Å². The van der Waals surface area contributed by atoms with Crippen molar-refractivity contribution in [2.75, 3.05) is 7.11 Å². The van der Waals surface area contributed by atoms with Crippen LogP contribution in [0.1, 0.15) is 45.9 Å². The molecule has 5 rings (SSSR count). The Hall–Kier alpha value is -3.86. The summed E-state index contributed by atoms with van der Waals surface area (Å²) in [7, 11) is 1.62. The number of ether oxygens (including phenoxy) is 2. The van der Waals surface area contributed by atoms with E-state index in [1.54, 1.807) is 11.7 Å². The molecule has 1 aromatic heterocycles. The van der Waals surface area contributed by atoms with Crippen molar-refractivity contribution in [3.05, 3.63) is 101 Å². The Bertz CT molecular complexity index is 1310. The molecule has 0 spiro atoms. The molecule has 0 saturated heterocycles. The molecule has 5 nitrogen and oxygen atoms in total. The third-order valence-electron chi connectivity index (χ3n) is 6.30. The first-order valence-electron chi connectivity index (χ1n) is 11.2. The lowest BCUT2D eigenvalue weighted by Gasteiger charge is -2.23. The van der Waals surface area contributed by atoms with Crippen molar-refractivity contribution in [1.82, 2.24) is 4.57 Å². The maximum absolute atomic E-state index is 13.6. The summed E-state index contributed by atoms with van der Waals surface area (Å²) in [6, 6.07) is 24.6. The second-order valence-electron chi connectivity index (χ2n) is 8.29. The van der Waals surface area contributed by atoms with Crippen LogP contribution < -0.4 is 4.74 Å². The monoisotopic (exact) mass is 439 g/mol. The van der Waals surface area contributed by atoms with E-state index in [4.69, 9.17) is 9.47 Å². The Balaban J connectivity index is 1.59. The van der Waals surface area contributed by atoms with Crippen LogP contribution in [0.3, 0.4) is 0 Å². The summed E-state index contributed by atoms with van der Waals surface area (Å²) in [5.41, 5.74) is 4.13. The summed E-state index contributed by atoms with van der Waals surface area (Å²) < 4.78 is 13.0. The third kappa shape index (κ3) is 3.91. The molecule has 4 aromatic rings. The van der Waals surface area contributed by atoms with Crippen molar-refractivity contribution in [3.63, 3.8) is 0 Å². The molecular formula is C28H25NO4. The highest BCUT2D eigenvalue weighted by molar-refractivity contribution is 6.05. The number of carbonyl (C=O) groups excluding carboxylic acids is 2. The van der Waals surface area contributed by atoms with Crippen LogP contribution in [0.2, 0.25) is 0 Å². The van der Waals surface area contributed by atoms with Gasteiger partial charge >= 0.3 is 5.97 Å². The van der Waals surface area contributed by atoms with E-state index in [1.165, 1.54) is 0 Å². The molecule has 1 aliphatic carbocycles. The summed E-state index contributed by atoms with van der Waals surface area (Å²) in [6.45, 7) is 0.233. The molecule has 3 aromatic carbocycles. The van der Waals surface area contributed by atoms with E-state index in [0.717, 1.165) is 40.6 Å².